The van der Waals surface area contributed by atoms with E-state index in [4.69, 9.17) is 5.11 Å². The van der Waals surface area contributed by atoms with Crippen LogP contribution in [0.4, 0.5) is 5.82 Å². The Morgan fingerprint density at radius 2 is 2.12 bits per heavy atom. The number of carboxylic acid groups (broad SMARTS) is 1. The van der Waals surface area contributed by atoms with E-state index in [2.05, 4.69) is 20.6 Å². The molecular formula is C18H23N5O3. The summed E-state index contributed by atoms with van der Waals surface area (Å²) in [6, 6.07) is 0. The summed E-state index contributed by atoms with van der Waals surface area (Å²) in [4.78, 5) is 23.5. The van der Waals surface area contributed by atoms with Crippen LogP contribution in [0.25, 0.3) is 0 Å². The first-order valence-corrected chi connectivity index (χ1v) is 9.16. The second-order valence-corrected chi connectivity index (χ2v) is 7.28. The molecule has 8 nitrogen and oxygen atoms in total. The summed E-state index contributed by atoms with van der Waals surface area (Å²) in [7, 11) is 0. The molecule has 3 N–H and O–H groups in total. The molecule has 1 fully saturated rings. The number of aliphatic carboxylic acids is 1. The molecule has 1 saturated carbocycles. The number of carbonyl (C=O) groups is 2. The van der Waals surface area contributed by atoms with Gasteiger partial charge in [0.2, 0.25) is 5.91 Å². The monoisotopic (exact) mass is 357 g/mol. The standard InChI is InChI=1S/C18H23N5O3/c1-10-16-12(7-14(24)20-18(16)23(22-10)9-15(25)26)13-8-19-21-17(13)11-5-3-2-4-6-11/h8,11-12H,2-7,9H2,1H3,(H,19,21)(H,20,24)(H,25,26). The molecule has 4 rings (SSSR count). The molecule has 26 heavy (non-hydrogen) atoms. The average molecular weight is 357 g/mol. The molecule has 8 heteroatoms. The van der Waals surface area contributed by atoms with Gasteiger partial charge in [-0.3, -0.25) is 14.7 Å². The van der Waals surface area contributed by atoms with Gasteiger partial charge in [0.25, 0.3) is 0 Å². The van der Waals surface area contributed by atoms with Gasteiger partial charge in [0.1, 0.15) is 12.4 Å². The summed E-state index contributed by atoms with van der Waals surface area (Å²) < 4.78 is 1.37. The summed E-state index contributed by atoms with van der Waals surface area (Å²) in [5.74, 6) is -0.300. The number of rotatable bonds is 4. The molecule has 2 aromatic rings. The summed E-state index contributed by atoms with van der Waals surface area (Å²) in [6.07, 6.45) is 8.13. The highest BCUT2D eigenvalue weighted by molar-refractivity contribution is 5.95. The molecule has 1 atom stereocenters. The van der Waals surface area contributed by atoms with Crippen LogP contribution in [0.3, 0.4) is 0 Å². The fourth-order valence-corrected chi connectivity index (χ4v) is 4.42. The quantitative estimate of drug-likeness (QED) is 0.778. The Morgan fingerprint density at radius 1 is 1.35 bits per heavy atom. The summed E-state index contributed by atoms with van der Waals surface area (Å²) in [5, 5.41) is 23.7. The number of H-pyrrole nitrogens is 1. The molecule has 0 radical (unpaired) electrons. The number of nitrogens with one attached hydrogen (secondary N) is 2. The van der Waals surface area contributed by atoms with Crippen molar-refractivity contribution >= 4 is 17.7 Å². The van der Waals surface area contributed by atoms with E-state index in [9.17, 15) is 9.59 Å². The third-order valence-electron chi connectivity index (χ3n) is 5.54. The van der Waals surface area contributed by atoms with Crippen molar-refractivity contribution in [1.82, 2.24) is 20.0 Å². The van der Waals surface area contributed by atoms with Crippen LogP contribution in [0.2, 0.25) is 0 Å². The van der Waals surface area contributed by atoms with Crippen molar-refractivity contribution in [3.8, 4) is 0 Å². The van der Waals surface area contributed by atoms with Crippen molar-refractivity contribution in [2.45, 2.75) is 63.8 Å². The highest BCUT2D eigenvalue weighted by Crippen LogP contribution is 2.43. The fraction of sp³-hybridized carbons (Fsp3) is 0.556. The van der Waals surface area contributed by atoms with Crippen molar-refractivity contribution in [3.05, 3.63) is 28.7 Å². The van der Waals surface area contributed by atoms with E-state index in [-0.39, 0.29) is 18.4 Å². The van der Waals surface area contributed by atoms with Crippen LogP contribution in [-0.4, -0.2) is 37.0 Å². The molecule has 1 aliphatic heterocycles. The van der Waals surface area contributed by atoms with Gasteiger partial charge < -0.3 is 10.4 Å². The Morgan fingerprint density at radius 3 is 2.85 bits per heavy atom. The number of hydrogen-bond acceptors (Lipinski definition) is 4. The Hall–Kier alpha value is -2.64. The van der Waals surface area contributed by atoms with E-state index in [0.717, 1.165) is 35.4 Å². The van der Waals surface area contributed by atoms with Crippen molar-refractivity contribution in [1.29, 1.82) is 0 Å². The maximum atomic E-state index is 12.3. The number of aromatic nitrogens is 4. The molecule has 1 unspecified atom stereocenters. The second kappa shape index (κ2) is 6.59. The van der Waals surface area contributed by atoms with Gasteiger partial charge in [-0.15, -0.1) is 0 Å². The average Bonchev–Trinajstić information content (AvgIpc) is 3.20. The third-order valence-corrected chi connectivity index (χ3v) is 5.54. The number of aryl methyl sites for hydroxylation is 1. The summed E-state index contributed by atoms with van der Waals surface area (Å²) in [6.45, 7) is 1.59. The van der Waals surface area contributed by atoms with Crippen LogP contribution in [-0.2, 0) is 16.1 Å². The number of fused-ring (bicyclic) bond motifs is 1. The zero-order valence-corrected chi connectivity index (χ0v) is 14.8. The van der Waals surface area contributed by atoms with Crippen LogP contribution >= 0.6 is 0 Å². The van der Waals surface area contributed by atoms with Crippen LogP contribution in [0, 0.1) is 6.92 Å². The zero-order chi connectivity index (χ0) is 18.3. The van der Waals surface area contributed by atoms with Gasteiger partial charge in [-0.1, -0.05) is 19.3 Å². The molecule has 3 heterocycles. The molecule has 0 spiro atoms. The van der Waals surface area contributed by atoms with E-state index in [1.54, 1.807) is 0 Å². The van der Waals surface area contributed by atoms with Crippen LogP contribution < -0.4 is 5.32 Å². The first kappa shape index (κ1) is 16.8. The number of carbonyl (C=O) groups excluding carboxylic acids is 1. The Kier molecular flexibility index (Phi) is 4.26. The number of anilines is 1. The summed E-state index contributed by atoms with van der Waals surface area (Å²) in [5.41, 5.74) is 3.83. The third kappa shape index (κ3) is 2.89. The largest absolute Gasteiger partial charge is 0.480 e. The number of hydrogen-bond donors (Lipinski definition) is 3. The Bertz CT molecular complexity index is 847. The molecule has 2 aliphatic rings. The first-order chi connectivity index (χ1) is 12.5. The molecule has 0 aromatic carbocycles. The minimum Gasteiger partial charge on any atom is -0.480 e. The van der Waals surface area contributed by atoms with Gasteiger partial charge in [-0.25, -0.2) is 4.68 Å². The molecule has 138 valence electrons. The molecular weight excluding hydrogens is 334 g/mol. The minimum absolute atomic E-state index is 0.121. The van der Waals surface area contributed by atoms with E-state index in [0.29, 0.717) is 18.2 Å². The van der Waals surface area contributed by atoms with Crippen LogP contribution in [0.15, 0.2) is 6.20 Å². The number of carboxylic acids is 1. The van der Waals surface area contributed by atoms with Gasteiger partial charge in [-0.05, 0) is 19.8 Å². The van der Waals surface area contributed by atoms with Gasteiger partial charge in [0.15, 0.2) is 0 Å². The van der Waals surface area contributed by atoms with Crippen LogP contribution in [0.5, 0.6) is 0 Å². The normalized spacial score (nSPS) is 20.7. The van der Waals surface area contributed by atoms with Crippen LogP contribution in [0.1, 0.15) is 72.9 Å². The van der Waals surface area contributed by atoms with Crippen molar-refractivity contribution in [3.63, 3.8) is 0 Å². The van der Waals surface area contributed by atoms with Crippen molar-refractivity contribution < 1.29 is 14.7 Å². The number of amides is 1. The lowest BCUT2D eigenvalue weighted by atomic mass is 9.80. The molecule has 2 aromatic heterocycles. The highest BCUT2D eigenvalue weighted by atomic mass is 16.4. The van der Waals surface area contributed by atoms with E-state index < -0.39 is 5.97 Å². The number of aromatic amines is 1. The zero-order valence-electron chi connectivity index (χ0n) is 14.8. The van der Waals surface area contributed by atoms with E-state index >= 15 is 0 Å². The van der Waals surface area contributed by atoms with Crippen molar-refractivity contribution in [2.75, 3.05) is 5.32 Å². The lowest BCUT2D eigenvalue weighted by Gasteiger charge is -2.27. The molecule has 0 bridgehead atoms. The Balaban J connectivity index is 1.76. The Labute approximate surface area is 151 Å². The van der Waals surface area contributed by atoms with E-state index in [1.807, 2.05) is 13.1 Å². The topological polar surface area (TPSA) is 113 Å². The maximum Gasteiger partial charge on any atom is 0.325 e. The summed E-state index contributed by atoms with van der Waals surface area (Å²) >= 11 is 0. The molecule has 1 aliphatic carbocycles. The van der Waals surface area contributed by atoms with Gasteiger partial charge in [-0.2, -0.15) is 10.2 Å². The minimum atomic E-state index is -0.988. The SMILES string of the molecule is Cc1nn(CC(=O)O)c2c1C(c1cn[nH]c1C1CCCCC1)CC(=O)N2. The van der Waals surface area contributed by atoms with Gasteiger partial charge >= 0.3 is 5.97 Å². The second-order valence-electron chi connectivity index (χ2n) is 7.28. The first-order valence-electron chi connectivity index (χ1n) is 9.16. The van der Waals surface area contributed by atoms with Gasteiger partial charge in [0, 0.05) is 35.1 Å². The predicted octanol–water partition coefficient (Wildman–Crippen LogP) is 2.52. The lowest BCUT2D eigenvalue weighted by Crippen LogP contribution is -2.26. The maximum absolute atomic E-state index is 12.3. The molecule has 0 saturated heterocycles. The molecule has 1 amide bonds. The predicted molar refractivity (Wildman–Crippen MR) is 94.1 cm³/mol. The smallest absolute Gasteiger partial charge is 0.325 e. The van der Waals surface area contributed by atoms with Gasteiger partial charge in [0.05, 0.1) is 11.9 Å². The van der Waals surface area contributed by atoms with Crippen molar-refractivity contribution in [2.24, 2.45) is 0 Å². The fourth-order valence-electron chi connectivity index (χ4n) is 4.42. The number of nitrogens with zero attached hydrogens (tertiary/aromatic N) is 3. The lowest BCUT2D eigenvalue weighted by molar-refractivity contribution is -0.137. The van der Waals surface area contributed by atoms with E-state index in [1.165, 1.54) is 23.9 Å². The highest BCUT2D eigenvalue weighted by Gasteiger charge is 2.35.